The molecule has 0 saturated carbocycles. The van der Waals surface area contributed by atoms with Gasteiger partial charge in [0.1, 0.15) is 5.82 Å². The highest BCUT2D eigenvalue weighted by Crippen LogP contribution is 2.24. The lowest BCUT2D eigenvalue weighted by Crippen LogP contribution is -2.42. The van der Waals surface area contributed by atoms with Gasteiger partial charge < -0.3 is 14.8 Å². The van der Waals surface area contributed by atoms with E-state index in [4.69, 9.17) is 9.47 Å². The van der Waals surface area contributed by atoms with E-state index in [2.05, 4.69) is 21.2 Å². The Morgan fingerprint density at radius 1 is 1.25 bits per heavy atom. The summed E-state index contributed by atoms with van der Waals surface area (Å²) in [5, 5.41) is 2.54. The Balaban J connectivity index is 2.21. The summed E-state index contributed by atoms with van der Waals surface area (Å²) in [6.45, 7) is 2.89. The molecule has 1 saturated heterocycles. The average Bonchev–Trinajstić information content (AvgIpc) is 2.30. The molecule has 0 bridgehead atoms. The number of esters is 2. The van der Waals surface area contributed by atoms with E-state index in [1.807, 2.05) is 0 Å². The van der Waals surface area contributed by atoms with Crippen molar-refractivity contribution in [1.29, 1.82) is 0 Å². The predicted molar refractivity (Wildman–Crippen MR) is 72.1 cm³/mol. The number of ether oxygens (including phenoxy) is 2. The maximum absolute atomic E-state index is 13.5. The van der Waals surface area contributed by atoms with Gasteiger partial charge in [0.25, 0.3) is 5.79 Å². The third kappa shape index (κ3) is 3.16. The van der Waals surface area contributed by atoms with Gasteiger partial charge in [-0.3, -0.25) is 0 Å². The van der Waals surface area contributed by atoms with Crippen LogP contribution in [0, 0.1) is 5.82 Å². The van der Waals surface area contributed by atoms with Crippen molar-refractivity contribution >= 4 is 33.6 Å². The van der Waals surface area contributed by atoms with Crippen molar-refractivity contribution in [3.63, 3.8) is 0 Å². The lowest BCUT2D eigenvalue weighted by Gasteiger charge is -2.29. The van der Waals surface area contributed by atoms with E-state index < -0.39 is 23.5 Å². The van der Waals surface area contributed by atoms with E-state index in [0.29, 0.717) is 4.47 Å². The Kier molecular flexibility index (Phi) is 3.80. The number of halogens is 2. The Morgan fingerprint density at radius 3 is 2.45 bits per heavy atom. The third-order valence-corrected chi connectivity index (χ3v) is 2.91. The van der Waals surface area contributed by atoms with Crippen LogP contribution in [0.15, 0.2) is 34.4 Å². The van der Waals surface area contributed by atoms with E-state index in [-0.39, 0.29) is 11.3 Å². The minimum atomic E-state index is -1.30. The fourth-order valence-corrected chi connectivity index (χ4v) is 1.90. The van der Waals surface area contributed by atoms with Gasteiger partial charge in [-0.05, 0) is 18.2 Å². The topological polar surface area (TPSA) is 64.6 Å². The molecule has 1 N–H and O–H groups in total. The highest BCUT2D eigenvalue weighted by molar-refractivity contribution is 9.10. The van der Waals surface area contributed by atoms with Crippen molar-refractivity contribution in [1.82, 2.24) is 0 Å². The van der Waals surface area contributed by atoms with Gasteiger partial charge in [0.15, 0.2) is 5.57 Å². The van der Waals surface area contributed by atoms with Crippen LogP contribution in [-0.4, -0.2) is 17.7 Å². The number of hydrogen-bond donors (Lipinski definition) is 1. The summed E-state index contributed by atoms with van der Waals surface area (Å²) in [4.78, 5) is 23.3. The molecule has 20 heavy (non-hydrogen) atoms. The molecule has 1 heterocycles. The summed E-state index contributed by atoms with van der Waals surface area (Å²) in [6.07, 6.45) is 1.06. The molecule has 1 aromatic carbocycles. The molecule has 7 heteroatoms. The van der Waals surface area contributed by atoms with Gasteiger partial charge in [0, 0.05) is 24.5 Å². The first kappa shape index (κ1) is 14.5. The van der Waals surface area contributed by atoms with Gasteiger partial charge in [-0.1, -0.05) is 15.9 Å². The van der Waals surface area contributed by atoms with Crippen molar-refractivity contribution in [3.05, 3.63) is 40.3 Å². The third-order valence-electron chi connectivity index (χ3n) is 2.42. The number of benzene rings is 1. The molecule has 0 spiro atoms. The molecule has 0 aromatic heterocycles. The number of carbonyl (C=O) groups is 2. The lowest BCUT2D eigenvalue weighted by molar-refractivity contribution is -0.222. The Morgan fingerprint density at radius 2 is 1.85 bits per heavy atom. The Hall–Kier alpha value is -1.89. The minimum Gasteiger partial charge on any atom is -0.419 e. The molecule has 2 rings (SSSR count). The zero-order valence-electron chi connectivity index (χ0n) is 10.7. The van der Waals surface area contributed by atoms with Gasteiger partial charge in [0.05, 0.1) is 5.69 Å². The maximum Gasteiger partial charge on any atom is 0.350 e. The zero-order valence-corrected chi connectivity index (χ0v) is 12.3. The van der Waals surface area contributed by atoms with Crippen LogP contribution >= 0.6 is 15.9 Å². The van der Waals surface area contributed by atoms with Crippen molar-refractivity contribution in [2.24, 2.45) is 0 Å². The zero-order chi connectivity index (χ0) is 14.9. The van der Waals surface area contributed by atoms with Crippen molar-refractivity contribution in [2.45, 2.75) is 19.6 Å². The molecule has 0 radical (unpaired) electrons. The van der Waals surface area contributed by atoms with E-state index in [0.717, 1.165) is 6.20 Å². The molecule has 0 atom stereocenters. The molecular formula is C13H11BrFNO4. The molecule has 0 amide bonds. The molecule has 1 aromatic rings. The van der Waals surface area contributed by atoms with Crippen LogP contribution in [0.5, 0.6) is 0 Å². The molecular weight excluding hydrogens is 333 g/mol. The van der Waals surface area contributed by atoms with E-state index in [9.17, 15) is 14.0 Å². The number of hydrogen-bond acceptors (Lipinski definition) is 5. The fourth-order valence-electron chi connectivity index (χ4n) is 1.54. The van der Waals surface area contributed by atoms with Gasteiger partial charge in [-0.2, -0.15) is 0 Å². The molecule has 106 valence electrons. The lowest BCUT2D eigenvalue weighted by atomic mass is 10.2. The monoisotopic (exact) mass is 343 g/mol. The quantitative estimate of drug-likeness (QED) is 0.508. The van der Waals surface area contributed by atoms with E-state index >= 15 is 0 Å². The summed E-state index contributed by atoms with van der Waals surface area (Å²) in [6, 6.07) is 4.24. The standard InChI is InChI=1S/C13H11BrFNO4/c1-13(2)19-11(17)8(12(18)20-13)6-16-10-5-7(14)3-4-9(10)15/h3-6,16H,1-2H3. The summed E-state index contributed by atoms with van der Waals surface area (Å²) < 4.78 is 24.0. The second-order valence-corrected chi connectivity index (χ2v) is 5.42. The maximum atomic E-state index is 13.5. The number of cyclic esters (lactones) is 2. The van der Waals surface area contributed by atoms with Crippen LogP contribution < -0.4 is 5.32 Å². The first-order valence-corrected chi connectivity index (χ1v) is 6.46. The first-order valence-electron chi connectivity index (χ1n) is 5.67. The Labute approximate surface area is 122 Å². The highest BCUT2D eigenvalue weighted by atomic mass is 79.9. The molecule has 1 aliphatic rings. The summed E-state index contributed by atoms with van der Waals surface area (Å²) in [7, 11) is 0. The van der Waals surface area contributed by atoms with Crippen LogP contribution in [0.25, 0.3) is 0 Å². The largest absolute Gasteiger partial charge is 0.419 e. The van der Waals surface area contributed by atoms with Crippen molar-refractivity contribution in [2.75, 3.05) is 5.32 Å². The first-order chi connectivity index (χ1) is 9.28. The molecule has 1 fully saturated rings. The van der Waals surface area contributed by atoms with Gasteiger partial charge in [-0.25, -0.2) is 14.0 Å². The van der Waals surface area contributed by atoms with Crippen LogP contribution in [0.4, 0.5) is 10.1 Å². The van der Waals surface area contributed by atoms with Gasteiger partial charge in [0.2, 0.25) is 0 Å². The molecule has 0 aliphatic carbocycles. The highest BCUT2D eigenvalue weighted by Gasteiger charge is 2.38. The molecule has 0 unspecified atom stereocenters. The Bertz CT molecular complexity index is 590. The molecule has 5 nitrogen and oxygen atoms in total. The normalized spacial score (nSPS) is 17.3. The van der Waals surface area contributed by atoms with Crippen LogP contribution in [0.1, 0.15) is 13.8 Å². The van der Waals surface area contributed by atoms with Crippen LogP contribution in [0.2, 0.25) is 0 Å². The van der Waals surface area contributed by atoms with E-state index in [1.54, 1.807) is 0 Å². The van der Waals surface area contributed by atoms with Crippen molar-refractivity contribution < 1.29 is 23.5 Å². The SMILES string of the molecule is CC1(C)OC(=O)C(=CNc2cc(Br)ccc2F)C(=O)O1. The number of nitrogens with one attached hydrogen (secondary N) is 1. The second kappa shape index (κ2) is 5.24. The summed E-state index contributed by atoms with van der Waals surface area (Å²) in [5.41, 5.74) is -0.221. The summed E-state index contributed by atoms with van der Waals surface area (Å²) in [5.74, 6) is -3.47. The van der Waals surface area contributed by atoms with Crippen LogP contribution in [0.3, 0.4) is 0 Å². The minimum absolute atomic E-state index is 0.109. The second-order valence-electron chi connectivity index (χ2n) is 4.51. The number of rotatable bonds is 2. The molecule has 1 aliphatic heterocycles. The van der Waals surface area contributed by atoms with Crippen LogP contribution in [-0.2, 0) is 19.1 Å². The summed E-state index contributed by atoms with van der Waals surface area (Å²) >= 11 is 3.19. The van der Waals surface area contributed by atoms with Crippen molar-refractivity contribution in [3.8, 4) is 0 Å². The smallest absolute Gasteiger partial charge is 0.350 e. The van der Waals surface area contributed by atoms with Gasteiger partial charge >= 0.3 is 11.9 Å². The number of carbonyl (C=O) groups excluding carboxylic acids is 2. The average molecular weight is 344 g/mol. The fraction of sp³-hybridized carbons (Fsp3) is 0.231. The van der Waals surface area contributed by atoms with E-state index in [1.165, 1.54) is 32.0 Å². The number of anilines is 1. The van der Waals surface area contributed by atoms with Gasteiger partial charge in [-0.15, -0.1) is 0 Å². The predicted octanol–water partition coefficient (Wildman–Crippen LogP) is 2.72.